The molecule has 3 N–H and O–H groups in total. The third-order valence-electron chi connectivity index (χ3n) is 3.18. The number of hydrogen-bond donors (Lipinski definition) is 3. The molecule has 2 rings (SSSR count). The Bertz CT molecular complexity index is 763. The van der Waals surface area contributed by atoms with Crippen molar-refractivity contribution in [1.29, 1.82) is 0 Å². The normalized spacial score (nSPS) is 10.3. The van der Waals surface area contributed by atoms with E-state index in [4.69, 9.17) is 9.84 Å². The van der Waals surface area contributed by atoms with Crippen LogP contribution in [0.1, 0.15) is 31.8 Å². The summed E-state index contributed by atoms with van der Waals surface area (Å²) in [7, 11) is 0. The van der Waals surface area contributed by atoms with Gasteiger partial charge in [0.25, 0.3) is 0 Å². The van der Waals surface area contributed by atoms with E-state index in [0.29, 0.717) is 11.1 Å². The number of rotatable bonds is 3. The van der Waals surface area contributed by atoms with Crippen LogP contribution in [-0.4, -0.2) is 27.3 Å². The molecule has 0 aliphatic carbocycles. The van der Waals surface area contributed by atoms with Crippen molar-refractivity contribution in [2.45, 2.75) is 13.8 Å². The van der Waals surface area contributed by atoms with Gasteiger partial charge in [0.15, 0.2) is 0 Å². The number of hydrogen-bond acceptors (Lipinski definition) is 5. The zero-order chi connectivity index (χ0) is 16.4. The average molecular weight is 302 g/mol. The molecule has 22 heavy (non-hydrogen) atoms. The van der Waals surface area contributed by atoms with Gasteiger partial charge in [-0.1, -0.05) is 12.1 Å². The third-order valence-corrected chi connectivity index (χ3v) is 3.18. The summed E-state index contributed by atoms with van der Waals surface area (Å²) in [6.07, 6.45) is 0. The van der Waals surface area contributed by atoms with Gasteiger partial charge in [-0.05, 0) is 37.1 Å². The zero-order valence-electron chi connectivity index (χ0n) is 12.0. The van der Waals surface area contributed by atoms with Crippen LogP contribution in [0, 0.1) is 13.8 Å². The van der Waals surface area contributed by atoms with Crippen LogP contribution in [0.15, 0.2) is 30.3 Å². The van der Waals surface area contributed by atoms with Crippen LogP contribution < -0.4 is 4.74 Å². The lowest BCUT2D eigenvalue weighted by molar-refractivity contribution is 0.0693. The summed E-state index contributed by atoms with van der Waals surface area (Å²) in [5.74, 6) is -2.75. The minimum atomic E-state index is -1.28. The number of carbonyl (C=O) groups excluding carboxylic acids is 1. The molecule has 0 aliphatic heterocycles. The van der Waals surface area contributed by atoms with E-state index in [1.165, 1.54) is 12.1 Å². The van der Waals surface area contributed by atoms with Gasteiger partial charge >= 0.3 is 11.9 Å². The number of phenols is 2. The first-order valence-electron chi connectivity index (χ1n) is 6.39. The maximum atomic E-state index is 12.1. The molecule has 0 fully saturated rings. The zero-order valence-corrected chi connectivity index (χ0v) is 12.0. The molecule has 114 valence electrons. The largest absolute Gasteiger partial charge is 0.507 e. The van der Waals surface area contributed by atoms with Gasteiger partial charge in [0.2, 0.25) is 0 Å². The molecule has 6 heteroatoms. The van der Waals surface area contributed by atoms with Gasteiger partial charge in [-0.25, -0.2) is 9.59 Å². The number of aromatic hydroxyl groups is 2. The van der Waals surface area contributed by atoms with Crippen LogP contribution in [0.25, 0.3) is 0 Å². The number of phenolic OH excluding ortho intramolecular Hbond substituents is 1. The Balaban J connectivity index is 2.35. The summed E-state index contributed by atoms with van der Waals surface area (Å²) in [5.41, 5.74) is 0.600. The predicted octanol–water partition coefficient (Wildman–Crippen LogP) is 2.63. The molecule has 0 heterocycles. The minimum absolute atomic E-state index is 0.0128. The molecular formula is C16H14O6. The fourth-order valence-electron chi connectivity index (χ4n) is 1.94. The molecule has 0 spiro atoms. The fourth-order valence-corrected chi connectivity index (χ4v) is 1.94. The predicted molar refractivity (Wildman–Crippen MR) is 77.6 cm³/mol. The molecular weight excluding hydrogens is 288 g/mol. The molecule has 0 saturated carbocycles. The minimum Gasteiger partial charge on any atom is -0.507 e. The van der Waals surface area contributed by atoms with Crippen molar-refractivity contribution in [3.05, 3.63) is 52.6 Å². The molecule has 6 nitrogen and oxygen atoms in total. The summed E-state index contributed by atoms with van der Waals surface area (Å²) >= 11 is 0. The van der Waals surface area contributed by atoms with E-state index >= 15 is 0 Å². The van der Waals surface area contributed by atoms with Gasteiger partial charge in [-0.2, -0.15) is 0 Å². The van der Waals surface area contributed by atoms with E-state index < -0.39 is 17.7 Å². The molecule has 0 saturated heterocycles. The van der Waals surface area contributed by atoms with Crippen molar-refractivity contribution in [2.75, 3.05) is 0 Å². The van der Waals surface area contributed by atoms with Crippen LogP contribution in [-0.2, 0) is 0 Å². The number of para-hydroxylation sites is 1. The van der Waals surface area contributed by atoms with Crippen LogP contribution in [0.2, 0.25) is 0 Å². The van der Waals surface area contributed by atoms with Crippen molar-refractivity contribution in [1.82, 2.24) is 0 Å². The van der Waals surface area contributed by atoms with E-state index in [1.807, 2.05) is 0 Å². The first-order valence-corrected chi connectivity index (χ1v) is 6.39. The molecule has 2 aromatic rings. The number of benzene rings is 2. The number of carbonyl (C=O) groups is 2. The van der Waals surface area contributed by atoms with Crippen molar-refractivity contribution < 1.29 is 29.6 Å². The standard InChI is InChI=1S/C16H14O6/c1-8-4-3-5-10(14(8)18)16(21)22-13-7-12(17)11(15(19)20)6-9(13)2/h3-7,17-18H,1-2H3,(H,19,20). The average Bonchev–Trinajstić information content (AvgIpc) is 2.45. The molecule has 0 radical (unpaired) electrons. The highest BCUT2D eigenvalue weighted by Gasteiger charge is 2.18. The lowest BCUT2D eigenvalue weighted by atomic mass is 10.1. The molecule has 0 aliphatic rings. The van der Waals surface area contributed by atoms with Gasteiger partial charge in [-0.3, -0.25) is 0 Å². The van der Waals surface area contributed by atoms with E-state index in [-0.39, 0.29) is 22.6 Å². The third kappa shape index (κ3) is 2.85. The molecule has 0 atom stereocenters. The molecule has 0 bridgehead atoms. The Kier molecular flexibility index (Phi) is 4.03. The number of ether oxygens (including phenoxy) is 1. The first-order chi connectivity index (χ1) is 10.3. The quantitative estimate of drug-likeness (QED) is 0.594. The highest BCUT2D eigenvalue weighted by atomic mass is 16.5. The van der Waals surface area contributed by atoms with Crippen LogP contribution >= 0.6 is 0 Å². The maximum Gasteiger partial charge on any atom is 0.347 e. The van der Waals surface area contributed by atoms with Gasteiger partial charge in [0.05, 0.1) is 0 Å². The summed E-state index contributed by atoms with van der Waals surface area (Å²) in [6, 6.07) is 6.92. The van der Waals surface area contributed by atoms with Gasteiger partial charge in [-0.15, -0.1) is 0 Å². The summed E-state index contributed by atoms with van der Waals surface area (Å²) in [4.78, 5) is 23.0. The number of aryl methyl sites for hydroxylation is 2. The number of carboxylic acid groups (broad SMARTS) is 1. The van der Waals surface area contributed by atoms with Crippen molar-refractivity contribution >= 4 is 11.9 Å². The second-order valence-electron chi connectivity index (χ2n) is 4.80. The Morgan fingerprint density at radius 2 is 1.68 bits per heavy atom. The first kappa shape index (κ1) is 15.4. The van der Waals surface area contributed by atoms with Crippen LogP contribution in [0.3, 0.4) is 0 Å². The number of esters is 1. The lowest BCUT2D eigenvalue weighted by Gasteiger charge is -2.11. The lowest BCUT2D eigenvalue weighted by Crippen LogP contribution is -2.10. The highest BCUT2D eigenvalue weighted by Crippen LogP contribution is 2.30. The summed E-state index contributed by atoms with van der Waals surface area (Å²) in [5, 5.41) is 28.4. The SMILES string of the molecule is Cc1cc(C(=O)O)c(O)cc1OC(=O)c1cccc(C)c1O. The summed E-state index contributed by atoms with van der Waals surface area (Å²) in [6.45, 7) is 3.19. The smallest absolute Gasteiger partial charge is 0.347 e. The second-order valence-corrected chi connectivity index (χ2v) is 4.80. The topological polar surface area (TPSA) is 104 Å². The van der Waals surface area contributed by atoms with Gasteiger partial charge in [0, 0.05) is 6.07 Å². The van der Waals surface area contributed by atoms with E-state index in [0.717, 1.165) is 6.07 Å². The molecule has 2 aromatic carbocycles. The summed E-state index contributed by atoms with van der Waals surface area (Å²) < 4.78 is 5.13. The number of aromatic carboxylic acids is 1. The fraction of sp³-hybridized carbons (Fsp3) is 0.125. The van der Waals surface area contributed by atoms with Crippen molar-refractivity contribution in [2.24, 2.45) is 0 Å². The van der Waals surface area contributed by atoms with E-state index in [1.54, 1.807) is 26.0 Å². The monoisotopic (exact) mass is 302 g/mol. The van der Waals surface area contributed by atoms with Crippen molar-refractivity contribution in [3.63, 3.8) is 0 Å². The number of carboxylic acids is 1. The molecule has 0 amide bonds. The van der Waals surface area contributed by atoms with Crippen LogP contribution in [0.4, 0.5) is 0 Å². The second kappa shape index (κ2) is 5.77. The van der Waals surface area contributed by atoms with Gasteiger partial charge < -0.3 is 20.1 Å². The highest BCUT2D eigenvalue weighted by molar-refractivity contribution is 5.95. The Morgan fingerprint density at radius 1 is 1.00 bits per heavy atom. The molecule has 0 aromatic heterocycles. The Morgan fingerprint density at radius 3 is 2.32 bits per heavy atom. The Hall–Kier alpha value is -3.02. The molecule has 0 unspecified atom stereocenters. The van der Waals surface area contributed by atoms with Crippen LogP contribution in [0.5, 0.6) is 17.2 Å². The van der Waals surface area contributed by atoms with E-state index in [2.05, 4.69) is 0 Å². The Labute approximate surface area is 126 Å². The van der Waals surface area contributed by atoms with Crippen molar-refractivity contribution in [3.8, 4) is 17.2 Å². The maximum absolute atomic E-state index is 12.1. The van der Waals surface area contributed by atoms with E-state index in [9.17, 15) is 19.8 Å². The van der Waals surface area contributed by atoms with Gasteiger partial charge in [0.1, 0.15) is 28.4 Å².